The molecule has 7 heteroatoms. The minimum absolute atomic E-state index is 0.214. The van der Waals surface area contributed by atoms with Crippen molar-refractivity contribution < 1.29 is 24.2 Å². The van der Waals surface area contributed by atoms with E-state index in [1.54, 1.807) is 48.5 Å². The number of ether oxygens (including phenoxy) is 1. The fourth-order valence-electron chi connectivity index (χ4n) is 2.34. The van der Waals surface area contributed by atoms with Gasteiger partial charge in [0, 0.05) is 12.1 Å². The molecule has 0 saturated carbocycles. The van der Waals surface area contributed by atoms with Crippen LogP contribution in [0.2, 0.25) is 0 Å². The van der Waals surface area contributed by atoms with Crippen molar-refractivity contribution in [3.63, 3.8) is 0 Å². The maximum Gasteiger partial charge on any atom is 0.426 e. The van der Waals surface area contributed by atoms with E-state index in [9.17, 15) is 14.4 Å². The lowest BCUT2D eigenvalue weighted by Gasteiger charge is -2.19. The molecule has 0 aliphatic carbocycles. The van der Waals surface area contributed by atoms with Crippen LogP contribution < -0.4 is 5.43 Å². The Labute approximate surface area is 151 Å². The summed E-state index contributed by atoms with van der Waals surface area (Å²) in [6, 6.07) is 13.6. The molecule has 0 aliphatic heterocycles. The molecule has 2 N–H and O–H groups in total. The van der Waals surface area contributed by atoms with E-state index in [1.165, 1.54) is 7.11 Å². The van der Waals surface area contributed by atoms with Crippen molar-refractivity contribution in [1.82, 2.24) is 10.4 Å². The molecule has 2 aromatic carbocycles. The predicted octanol–water partition coefficient (Wildman–Crippen LogP) is 3.18. The van der Waals surface area contributed by atoms with Gasteiger partial charge in [-0.2, -0.15) is 0 Å². The van der Waals surface area contributed by atoms with Crippen LogP contribution in [0.15, 0.2) is 48.5 Å². The van der Waals surface area contributed by atoms with Crippen LogP contribution in [0, 0.1) is 0 Å². The lowest BCUT2D eigenvalue weighted by Crippen LogP contribution is -2.45. The van der Waals surface area contributed by atoms with E-state index >= 15 is 0 Å². The first-order chi connectivity index (χ1) is 12.5. The van der Waals surface area contributed by atoms with E-state index in [0.29, 0.717) is 17.5 Å². The van der Waals surface area contributed by atoms with E-state index in [-0.39, 0.29) is 6.54 Å². The number of carbonyl (C=O) groups is 3. The largest absolute Gasteiger partial charge is 0.465 e. The average molecular weight is 356 g/mol. The molecule has 0 atom stereocenters. The number of carbonyl (C=O) groups excluding carboxylic acids is 2. The number of hydrogen-bond donors (Lipinski definition) is 2. The molecule has 2 aromatic rings. The van der Waals surface area contributed by atoms with Crippen LogP contribution in [0.4, 0.5) is 4.79 Å². The standard InChI is InChI=1S/C19H20N2O5/c1-3-12-21(19(24)25)20-17(22)15-8-4-13(5-9-15)14-6-10-16(11-7-14)18(23)26-2/h4-11H,3,12H2,1-2H3,(H,20,22)(H,24,25). The third-order valence-corrected chi connectivity index (χ3v) is 3.70. The Hall–Kier alpha value is -3.35. The third-order valence-electron chi connectivity index (χ3n) is 3.70. The van der Waals surface area contributed by atoms with Gasteiger partial charge in [0.15, 0.2) is 0 Å². The lowest BCUT2D eigenvalue weighted by molar-refractivity contribution is 0.0600. The zero-order chi connectivity index (χ0) is 19.1. The smallest absolute Gasteiger partial charge is 0.426 e. The zero-order valence-corrected chi connectivity index (χ0v) is 14.6. The number of hydrogen-bond acceptors (Lipinski definition) is 4. The van der Waals surface area contributed by atoms with Crippen LogP contribution in [0.25, 0.3) is 11.1 Å². The highest BCUT2D eigenvalue weighted by atomic mass is 16.5. The fourth-order valence-corrected chi connectivity index (χ4v) is 2.34. The predicted molar refractivity (Wildman–Crippen MR) is 95.7 cm³/mol. The molecular weight excluding hydrogens is 336 g/mol. The summed E-state index contributed by atoms with van der Waals surface area (Å²) < 4.78 is 4.66. The summed E-state index contributed by atoms with van der Waals surface area (Å²) in [7, 11) is 1.33. The van der Waals surface area contributed by atoms with Gasteiger partial charge in [0.05, 0.1) is 12.7 Å². The van der Waals surface area contributed by atoms with Crippen molar-refractivity contribution in [2.45, 2.75) is 13.3 Å². The summed E-state index contributed by atoms with van der Waals surface area (Å²) in [6.07, 6.45) is -0.616. The summed E-state index contributed by atoms with van der Waals surface area (Å²) in [5, 5.41) is 9.91. The first-order valence-corrected chi connectivity index (χ1v) is 8.06. The number of benzene rings is 2. The molecule has 0 radical (unpaired) electrons. The van der Waals surface area contributed by atoms with Gasteiger partial charge in [0.2, 0.25) is 0 Å². The minimum atomic E-state index is -1.21. The van der Waals surface area contributed by atoms with Crippen LogP contribution in [-0.2, 0) is 4.74 Å². The number of amides is 2. The number of nitrogens with zero attached hydrogens (tertiary/aromatic N) is 1. The topological polar surface area (TPSA) is 95.9 Å². The van der Waals surface area contributed by atoms with Crippen LogP contribution in [0.3, 0.4) is 0 Å². The van der Waals surface area contributed by atoms with Crippen molar-refractivity contribution in [2.24, 2.45) is 0 Å². The van der Waals surface area contributed by atoms with E-state index in [4.69, 9.17) is 5.11 Å². The van der Waals surface area contributed by atoms with Gasteiger partial charge in [0.1, 0.15) is 0 Å². The van der Waals surface area contributed by atoms with E-state index in [0.717, 1.165) is 16.1 Å². The summed E-state index contributed by atoms with van der Waals surface area (Å²) in [4.78, 5) is 34.7. The van der Waals surface area contributed by atoms with Gasteiger partial charge in [-0.15, -0.1) is 0 Å². The Kier molecular flexibility index (Phi) is 6.32. The SMILES string of the molecule is CCCN(NC(=O)c1ccc(-c2ccc(C(=O)OC)cc2)cc1)C(=O)O. The molecule has 2 amide bonds. The van der Waals surface area contributed by atoms with Crippen molar-refractivity contribution in [2.75, 3.05) is 13.7 Å². The van der Waals surface area contributed by atoms with E-state index in [2.05, 4.69) is 10.2 Å². The van der Waals surface area contributed by atoms with Crippen molar-refractivity contribution in [3.05, 3.63) is 59.7 Å². The Morgan fingerprint density at radius 1 is 0.962 bits per heavy atom. The third kappa shape index (κ3) is 4.60. The zero-order valence-electron chi connectivity index (χ0n) is 14.6. The van der Waals surface area contributed by atoms with Gasteiger partial charge in [-0.05, 0) is 41.8 Å². The van der Waals surface area contributed by atoms with Crippen LogP contribution in [-0.4, -0.2) is 41.7 Å². The number of hydrazine groups is 1. The highest BCUT2D eigenvalue weighted by Gasteiger charge is 2.15. The van der Waals surface area contributed by atoms with Gasteiger partial charge in [-0.1, -0.05) is 31.2 Å². The maximum absolute atomic E-state index is 12.2. The summed E-state index contributed by atoms with van der Waals surface area (Å²) >= 11 is 0. The molecule has 0 bridgehead atoms. The second-order valence-electron chi connectivity index (χ2n) is 5.52. The summed E-state index contributed by atoms with van der Waals surface area (Å²) in [5.41, 5.74) is 4.91. The molecule has 136 valence electrons. The second-order valence-corrected chi connectivity index (χ2v) is 5.52. The van der Waals surface area contributed by atoms with Crippen molar-refractivity contribution in [3.8, 4) is 11.1 Å². The van der Waals surface area contributed by atoms with Crippen molar-refractivity contribution in [1.29, 1.82) is 0 Å². The number of methoxy groups -OCH3 is 1. The molecular formula is C19H20N2O5. The first kappa shape index (κ1) is 19.0. The molecule has 2 rings (SSSR count). The Balaban J connectivity index is 2.11. The first-order valence-electron chi connectivity index (χ1n) is 8.06. The summed E-state index contributed by atoms with van der Waals surface area (Å²) in [6.45, 7) is 2.04. The number of nitrogens with one attached hydrogen (secondary N) is 1. The molecule has 0 unspecified atom stereocenters. The average Bonchev–Trinajstić information content (AvgIpc) is 2.67. The highest BCUT2D eigenvalue weighted by Crippen LogP contribution is 2.20. The van der Waals surface area contributed by atoms with Crippen molar-refractivity contribution >= 4 is 18.0 Å². The number of rotatable bonds is 5. The molecule has 7 nitrogen and oxygen atoms in total. The minimum Gasteiger partial charge on any atom is -0.465 e. The molecule has 0 heterocycles. The normalized spacial score (nSPS) is 10.1. The van der Waals surface area contributed by atoms with Gasteiger partial charge in [-0.25, -0.2) is 14.6 Å². The van der Waals surface area contributed by atoms with Crippen LogP contribution in [0.5, 0.6) is 0 Å². The fraction of sp³-hybridized carbons (Fsp3) is 0.211. The highest BCUT2D eigenvalue weighted by molar-refractivity contribution is 5.95. The van der Waals surface area contributed by atoms with Gasteiger partial charge < -0.3 is 9.84 Å². The van der Waals surface area contributed by atoms with Gasteiger partial charge in [0.25, 0.3) is 5.91 Å². The van der Waals surface area contributed by atoms with E-state index < -0.39 is 18.0 Å². The molecule has 26 heavy (non-hydrogen) atoms. The quantitative estimate of drug-likeness (QED) is 0.634. The second kappa shape index (κ2) is 8.66. The molecule has 0 fully saturated rings. The molecule has 0 saturated heterocycles. The lowest BCUT2D eigenvalue weighted by atomic mass is 10.0. The monoisotopic (exact) mass is 356 g/mol. The van der Waals surface area contributed by atoms with Crippen LogP contribution >= 0.6 is 0 Å². The Bertz CT molecular complexity index is 785. The Morgan fingerprint density at radius 2 is 1.46 bits per heavy atom. The van der Waals surface area contributed by atoms with Crippen LogP contribution in [0.1, 0.15) is 34.1 Å². The number of esters is 1. The molecule has 0 aromatic heterocycles. The van der Waals surface area contributed by atoms with E-state index in [1.807, 2.05) is 6.92 Å². The van der Waals surface area contributed by atoms with Gasteiger partial charge in [-0.3, -0.25) is 10.2 Å². The maximum atomic E-state index is 12.2. The van der Waals surface area contributed by atoms with Gasteiger partial charge >= 0.3 is 12.1 Å². The number of carboxylic acid groups (broad SMARTS) is 1. The molecule has 0 aliphatic rings. The summed E-state index contributed by atoms with van der Waals surface area (Å²) in [5.74, 6) is -0.896. The Morgan fingerprint density at radius 3 is 1.88 bits per heavy atom. The molecule has 0 spiro atoms.